The number of aliphatic hydroxyl groups excluding tert-OH is 3. The zero-order valence-corrected chi connectivity index (χ0v) is 79.7. The third-order valence-corrected chi connectivity index (χ3v) is 25.9. The van der Waals surface area contributed by atoms with Gasteiger partial charge in [0.2, 0.25) is 0 Å². The van der Waals surface area contributed by atoms with Crippen LogP contribution in [0, 0.1) is 0 Å². The normalized spacial score (nSPS) is 12.1. The summed E-state index contributed by atoms with van der Waals surface area (Å²) in [4.78, 5) is 13.1. The fraction of sp³-hybridized carbons (Fsp3) is 0.759. The minimum absolute atomic E-state index is 0.0685. The van der Waals surface area contributed by atoms with E-state index in [1.54, 1.807) is 6.92 Å². The van der Waals surface area contributed by atoms with Crippen molar-refractivity contribution < 1.29 is 43.8 Å². The van der Waals surface area contributed by atoms with Crippen LogP contribution in [-0.2, 0) is 60.9 Å². The molecule has 0 amide bonds. The third kappa shape index (κ3) is 50.9. The molecule has 4 aromatic carbocycles. The molecule has 9 heteroatoms. The summed E-state index contributed by atoms with van der Waals surface area (Å²) >= 11 is 0. The van der Waals surface area contributed by atoms with Gasteiger partial charge in [-0.25, -0.2) is 4.79 Å². The number of hydrogen-bond acceptors (Lipinski definition) is 9. The van der Waals surface area contributed by atoms with Gasteiger partial charge in [0.25, 0.3) is 0 Å². The molecule has 0 atom stereocenters. The van der Waals surface area contributed by atoms with Gasteiger partial charge in [0.05, 0.1) is 19.8 Å². The second-order valence-corrected chi connectivity index (χ2v) is 37.4. The van der Waals surface area contributed by atoms with E-state index in [2.05, 4.69) is 82.8 Å². The predicted octanol–water partition coefficient (Wildman–Crippen LogP) is 32.2. The molecule has 3 N–H and O–H groups in total. The summed E-state index contributed by atoms with van der Waals surface area (Å²) in [6.45, 7) is 15.1. The molecule has 0 saturated carbocycles. The Balaban J connectivity index is 1.57. The van der Waals surface area contributed by atoms with Crippen LogP contribution in [0.4, 0.5) is 0 Å². The Hall–Kier alpha value is -4.83. The molecule has 0 heterocycles. The maximum absolute atomic E-state index is 13.1. The highest BCUT2D eigenvalue weighted by Gasteiger charge is 2.26. The number of carbonyl (C=O) groups excluding carboxylic acids is 1. The number of benzene rings is 4. The molecule has 0 saturated heterocycles. The zero-order chi connectivity index (χ0) is 86.2. The van der Waals surface area contributed by atoms with Crippen LogP contribution in [0.25, 0.3) is 0 Å². The maximum atomic E-state index is 13.1. The SMILES string of the molecule is C=C(C)C(=O)OCCOc1c2cc(CCCCCCCCCCCCCCCCCC)cc1Cc1cc(CCCCCCCCCCCCCCCCCC)cc(c1OCCO)Cc1cc(CCCCCCCCCCCCCCCCCC)cc(c1OCCO)Cc1cc(CCCCCCCCCCCCCCCCCC)cc(c1OCCO)C2. The van der Waals surface area contributed by atoms with Crippen LogP contribution in [0.2, 0.25) is 0 Å². The molecular formula is C112H188O9. The van der Waals surface area contributed by atoms with Gasteiger partial charge in [-0.05, 0) is 125 Å². The molecule has 1 aliphatic rings. The molecule has 0 aliphatic heterocycles. The summed E-state index contributed by atoms with van der Waals surface area (Å²) in [5, 5.41) is 32.4. The predicted molar refractivity (Wildman–Crippen MR) is 519 cm³/mol. The first-order chi connectivity index (χ1) is 59.7. The summed E-state index contributed by atoms with van der Waals surface area (Å²) in [7, 11) is 0. The van der Waals surface area contributed by atoms with Crippen LogP contribution in [-0.4, -0.2) is 74.1 Å². The molecule has 0 unspecified atom stereocenters. The first kappa shape index (κ1) is 107. The summed E-state index contributed by atoms with van der Waals surface area (Å²) < 4.78 is 34.0. The van der Waals surface area contributed by atoms with Crippen LogP contribution in [0.1, 0.15) is 512 Å². The lowest BCUT2D eigenvalue weighted by Crippen LogP contribution is -2.15. The largest absolute Gasteiger partial charge is 0.491 e. The summed E-state index contributed by atoms with van der Waals surface area (Å²) in [5.74, 6) is 2.75. The number of aryl methyl sites for hydroxylation is 4. The highest BCUT2D eigenvalue weighted by atomic mass is 16.6. The Morgan fingerprint density at radius 3 is 0.537 bits per heavy atom. The van der Waals surface area contributed by atoms with Gasteiger partial charge in [0.1, 0.15) is 56.0 Å². The molecule has 8 bridgehead atoms. The zero-order valence-electron chi connectivity index (χ0n) is 79.7. The lowest BCUT2D eigenvalue weighted by molar-refractivity contribution is -0.139. The van der Waals surface area contributed by atoms with Crippen LogP contribution in [0.5, 0.6) is 23.0 Å². The Bertz CT molecular complexity index is 3020. The molecule has 121 heavy (non-hydrogen) atoms. The monoisotopic (exact) mass is 1680 g/mol. The third-order valence-electron chi connectivity index (χ3n) is 25.9. The first-order valence-electron chi connectivity index (χ1n) is 52.4. The van der Waals surface area contributed by atoms with Crippen molar-refractivity contribution in [3.05, 3.63) is 127 Å². The number of unbranched alkanes of at least 4 members (excludes halogenated alkanes) is 60. The van der Waals surface area contributed by atoms with Gasteiger partial charge in [-0.3, -0.25) is 0 Å². The van der Waals surface area contributed by atoms with E-state index in [4.69, 9.17) is 23.7 Å². The Kier molecular flexibility index (Phi) is 65.5. The summed E-state index contributed by atoms with van der Waals surface area (Å²) in [6.07, 6.45) is 90.9. The average Bonchev–Trinajstić information content (AvgIpc) is 0.785. The van der Waals surface area contributed by atoms with Crippen LogP contribution in [0.15, 0.2) is 60.7 Å². The highest BCUT2D eigenvalue weighted by Crippen LogP contribution is 2.42. The van der Waals surface area contributed by atoms with Crippen LogP contribution in [0.3, 0.4) is 0 Å². The lowest BCUT2D eigenvalue weighted by atomic mass is 9.86. The molecular weight excluding hydrogens is 1490 g/mol. The molecule has 9 nitrogen and oxygen atoms in total. The van der Waals surface area contributed by atoms with E-state index in [1.165, 1.54) is 408 Å². The van der Waals surface area contributed by atoms with Crippen molar-refractivity contribution in [2.45, 2.75) is 497 Å². The molecule has 0 fully saturated rings. The molecule has 0 aromatic heterocycles. The quantitative estimate of drug-likeness (QED) is 0.0198. The van der Waals surface area contributed by atoms with Crippen molar-refractivity contribution in [3.8, 4) is 23.0 Å². The number of fused-ring (bicyclic) bond motifs is 8. The second-order valence-electron chi connectivity index (χ2n) is 37.4. The number of esters is 1. The van der Waals surface area contributed by atoms with Gasteiger partial charge < -0.3 is 39.0 Å². The van der Waals surface area contributed by atoms with Crippen LogP contribution >= 0.6 is 0 Å². The van der Waals surface area contributed by atoms with Gasteiger partial charge in [0.15, 0.2) is 0 Å². The van der Waals surface area contributed by atoms with Crippen molar-refractivity contribution in [3.63, 3.8) is 0 Å². The number of aliphatic hydroxyl groups is 3. The second kappa shape index (κ2) is 74.3. The molecule has 4 aromatic rings. The van der Waals surface area contributed by atoms with E-state index < -0.39 is 5.97 Å². The standard InChI is InChI=1S/C112H188O9/c1-7-11-15-19-23-27-31-35-39-43-47-51-55-59-63-67-71-96-83-100-91-102-85-97(72-68-64-60-56-52-48-44-40-36-32-28-24-20-16-12-8-2)87-104(109(102)118-79-76-114)93-106-89-99(74-70-66-62-58-54-50-46-42-38-34-30-26-22-18-14-10-4)90-107(111(106)120-81-82-121-112(116)95(5)6)94-105-88-98(73-69-65-61-57-53-49-45-41-37-33-29-25-21-17-13-9-3)86-103(110(105)119-80-77-115)92-101(84-96)108(100)117-78-75-113/h83-90,113-115H,5,7-82,91-94H2,1-4,6H3. The van der Waals surface area contributed by atoms with Crippen molar-refractivity contribution >= 4 is 5.97 Å². The van der Waals surface area contributed by atoms with E-state index in [0.29, 0.717) is 31.3 Å². The number of ether oxygens (including phenoxy) is 5. The van der Waals surface area contributed by atoms with Gasteiger partial charge in [-0.1, -0.05) is 468 Å². The maximum Gasteiger partial charge on any atom is 0.333 e. The lowest BCUT2D eigenvalue weighted by Gasteiger charge is -2.25. The van der Waals surface area contributed by atoms with Gasteiger partial charge in [0, 0.05) is 31.3 Å². The van der Waals surface area contributed by atoms with Crippen molar-refractivity contribution in [2.24, 2.45) is 0 Å². The first-order valence-corrected chi connectivity index (χ1v) is 52.4. The van der Waals surface area contributed by atoms with Crippen molar-refractivity contribution in [1.82, 2.24) is 0 Å². The average molecular weight is 1680 g/mol. The Morgan fingerprint density at radius 1 is 0.240 bits per heavy atom. The minimum atomic E-state index is -0.430. The van der Waals surface area contributed by atoms with Gasteiger partial charge >= 0.3 is 5.97 Å². The van der Waals surface area contributed by atoms with Crippen LogP contribution < -0.4 is 18.9 Å². The summed E-state index contributed by atoms with van der Waals surface area (Å²) in [5.41, 5.74) is 14.0. The molecule has 690 valence electrons. The number of carbonyl (C=O) groups is 1. The smallest absolute Gasteiger partial charge is 0.333 e. The van der Waals surface area contributed by atoms with E-state index in [0.717, 1.165) is 119 Å². The molecule has 0 radical (unpaired) electrons. The number of hydrogen-bond donors (Lipinski definition) is 3. The number of rotatable bonds is 82. The topological polar surface area (TPSA) is 124 Å². The van der Waals surface area contributed by atoms with Gasteiger partial charge in [-0.2, -0.15) is 0 Å². The molecule has 1 aliphatic carbocycles. The minimum Gasteiger partial charge on any atom is -0.491 e. The fourth-order valence-corrected chi connectivity index (χ4v) is 18.8. The van der Waals surface area contributed by atoms with Crippen molar-refractivity contribution in [1.29, 1.82) is 0 Å². The Labute approximate surface area is 745 Å². The molecule has 5 rings (SSSR count). The van der Waals surface area contributed by atoms with E-state index >= 15 is 0 Å². The van der Waals surface area contributed by atoms with E-state index in [9.17, 15) is 20.1 Å². The van der Waals surface area contributed by atoms with E-state index in [1.807, 2.05) is 0 Å². The van der Waals surface area contributed by atoms with E-state index in [-0.39, 0.29) is 52.9 Å². The highest BCUT2D eigenvalue weighted by molar-refractivity contribution is 5.86. The fourth-order valence-electron chi connectivity index (χ4n) is 18.8. The Morgan fingerprint density at radius 2 is 0.388 bits per heavy atom. The molecule has 0 spiro atoms. The summed E-state index contributed by atoms with van der Waals surface area (Å²) in [6, 6.07) is 19.3. The van der Waals surface area contributed by atoms with Crippen molar-refractivity contribution in [2.75, 3.05) is 52.9 Å². The van der Waals surface area contributed by atoms with Gasteiger partial charge in [-0.15, -0.1) is 0 Å².